The fourth-order valence-corrected chi connectivity index (χ4v) is 4.36. The molecule has 2 fully saturated rings. The second kappa shape index (κ2) is 4.47. The van der Waals surface area contributed by atoms with Crippen LogP contribution in [0.2, 0.25) is 0 Å². The van der Waals surface area contributed by atoms with E-state index < -0.39 is 0 Å². The molecule has 0 amide bonds. The standard InChI is InChI=1S/C15H28/c1-10(2)13-8-6-12(4)14-7-5-11(3)9-15(13)14/h10-15H,5-9H2,1-4H3/t11-,12+,13-,14-,15-/m0/s1. The highest BCUT2D eigenvalue weighted by atomic mass is 14.5. The Morgan fingerprint density at radius 3 is 2.27 bits per heavy atom. The van der Waals surface area contributed by atoms with Crippen molar-refractivity contribution in [3.05, 3.63) is 0 Å². The van der Waals surface area contributed by atoms with Gasteiger partial charge in [-0.2, -0.15) is 0 Å². The van der Waals surface area contributed by atoms with E-state index in [4.69, 9.17) is 0 Å². The summed E-state index contributed by atoms with van der Waals surface area (Å²) < 4.78 is 0. The van der Waals surface area contributed by atoms with Crippen LogP contribution in [0.1, 0.15) is 59.8 Å². The third kappa shape index (κ3) is 2.24. The monoisotopic (exact) mass is 208 g/mol. The predicted molar refractivity (Wildman–Crippen MR) is 66.7 cm³/mol. The minimum Gasteiger partial charge on any atom is -0.0625 e. The van der Waals surface area contributed by atoms with E-state index in [0.29, 0.717) is 0 Å². The zero-order chi connectivity index (χ0) is 11.0. The van der Waals surface area contributed by atoms with Crippen LogP contribution in [0.15, 0.2) is 0 Å². The molecule has 0 aromatic heterocycles. The van der Waals surface area contributed by atoms with Crippen molar-refractivity contribution >= 4 is 0 Å². The first-order valence-electron chi connectivity index (χ1n) is 7.09. The zero-order valence-electron chi connectivity index (χ0n) is 11.0. The van der Waals surface area contributed by atoms with Gasteiger partial charge in [0.15, 0.2) is 0 Å². The van der Waals surface area contributed by atoms with Crippen molar-refractivity contribution in [1.29, 1.82) is 0 Å². The molecule has 15 heavy (non-hydrogen) atoms. The zero-order valence-corrected chi connectivity index (χ0v) is 11.0. The van der Waals surface area contributed by atoms with Crippen LogP contribution >= 0.6 is 0 Å². The van der Waals surface area contributed by atoms with E-state index in [2.05, 4.69) is 27.7 Å². The second-order valence-corrected chi connectivity index (χ2v) is 6.71. The highest BCUT2D eigenvalue weighted by Crippen LogP contribution is 2.50. The van der Waals surface area contributed by atoms with Gasteiger partial charge in [-0.25, -0.2) is 0 Å². The van der Waals surface area contributed by atoms with Crippen LogP contribution in [0.25, 0.3) is 0 Å². The Bertz CT molecular complexity index is 202. The van der Waals surface area contributed by atoms with Gasteiger partial charge in [0, 0.05) is 0 Å². The summed E-state index contributed by atoms with van der Waals surface area (Å²) in [6.45, 7) is 9.85. The fraction of sp³-hybridized carbons (Fsp3) is 1.00. The lowest BCUT2D eigenvalue weighted by atomic mass is 9.57. The van der Waals surface area contributed by atoms with E-state index in [1.54, 1.807) is 0 Å². The third-order valence-electron chi connectivity index (χ3n) is 5.31. The molecule has 2 aliphatic carbocycles. The summed E-state index contributed by atoms with van der Waals surface area (Å²) in [4.78, 5) is 0. The van der Waals surface area contributed by atoms with Crippen LogP contribution in [-0.2, 0) is 0 Å². The van der Waals surface area contributed by atoms with Crippen LogP contribution < -0.4 is 0 Å². The summed E-state index contributed by atoms with van der Waals surface area (Å²) in [5, 5.41) is 0. The Balaban J connectivity index is 2.10. The van der Waals surface area contributed by atoms with Crippen molar-refractivity contribution in [3.8, 4) is 0 Å². The molecule has 2 rings (SSSR count). The van der Waals surface area contributed by atoms with Gasteiger partial charge in [0.25, 0.3) is 0 Å². The molecular weight excluding hydrogens is 180 g/mol. The lowest BCUT2D eigenvalue weighted by molar-refractivity contribution is 0.0182. The summed E-state index contributed by atoms with van der Waals surface area (Å²) in [7, 11) is 0. The van der Waals surface area contributed by atoms with E-state index in [-0.39, 0.29) is 0 Å². The van der Waals surface area contributed by atoms with Crippen molar-refractivity contribution in [2.24, 2.45) is 35.5 Å². The predicted octanol–water partition coefficient (Wildman–Crippen LogP) is 4.74. The highest BCUT2D eigenvalue weighted by molar-refractivity contribution is 4.90. The van der Waals surface area contributed by atoms with Crippen molar-refractivity contribution in [2.75, 3.05) is 0 Å². The van der Waals surface area contributed by atoms with Crippen LogP contribution in [-0.4, -0.2) is 0 Å². The number of rotatable bonds is 1. The average Bonchev–Trinajstić information content (AvgIpc) is 2.17. The van der Waals surface area contributed by atoms with Gasteiger partial charge in [0.2, 0.25) is 0 Å². The maximum Gasteiger partial charge on any atom is -0.0350 e. The van der Waals surface area contributed by atoms with Gasteiger partial charge in [0.05, 0.1) is 0 Å². The molecule has 88 valence electrons. The van der Waals surface area contributed by atoms with Gasteiger partial charge in [-0.15, -0.1) is 0 Å². The topological polar surface area (TPSA) is 0 Å². The van der Waals surface area contributed by atoms with Gasteiger partial charge < -0.3 is 0 Å². The Kier molecular flexibility index (Phi) is 3.42. The van der Waals surface area contributed by atoms with Crippen LogP contribution in [0, 0.1) is 35.5 Å². The van der Waals surface area contributed by atoms with Gasteiger partial charge in [-0.1, -0.05) is 40.5 Å². The maximum atomic E-state index is 2.50. The maximum absolute atomic E-state index is 2.50. The quantitative estimate of drug-likeness (QED) is 0.584. The van der Waals surface area contributed by atoms with Crippen molar-refractivity contribution < 1.29 is 0 Å². The molecule has 0 aliphatic heterocycles. The first-order valence-corrected chi connectivity index (χ1v) is 7.09. The summed E-state index contributed by atoms with van der Waals surface area (Å²) in [6.07, 6.45) is 7.55. The molecule has 0 heterocycles. The van der Waals surface area contributed by atoms with Crippen LogP contribution in [0.4, 0.5) is 0 Å². The normalized spacial score (nSPS) is 46.6. The third-order valence-corrected chi connectivity index (χ3v) is 5.31. The smallest absolute Gasteiger partial charge is 0.0350 e. The molecule has 0 heteroatoms. The van der Waals surface area contributed by atoms with E-state index in [9.17, 15) is 0 Å². The van der Waals surface area contributed by atoms with Gasteiger partial charge in [-0.3, -0.25) is 0 Å². The van der Waals surface area contributed by atoms with E-state index in [0.717, 1.165) is 35.5 Å². The molecule has 0 unspecified atom stereocenters. The van der Waals surface area contributed by atoms with Crippen molar-refractivity contribution in [2.45, 2.75) is 59.8 Å². The summed E-state index contributed by atoms with van der Waals surface area (Å²) in [6, 6.07) is 0. The molecule has 0 spiro atoms. The first-order chi connectivity index (χ1) is 7.09. The number of hydrogen-bond acceptors (Lipinski definition) is 0. The highest BCUT2D eigenvalue weighted by Gasteiger charge is 2.41. The first kappa shape index (κ1) is 11.5. The van der Waals surface area contributed by atoms with Gasteiger partial charge in [-0.05, 0) is 54.8 Å². The lowest BCUT2D eigenvalue weighted by Gasteiger charge is -2.48. The molecule has 0 saturated heterocycles. The summed E-state index contributed by atoms with van der Waals surface area (Å²) in [5.74, 6) is 6.10. The Morgan fingerprint density at radius 1 is 0.867 bits per heavy atom. The second-order valence-electron chi connectivity index (χ2n) is 6.71. The Hall–Kier alpha value is 0. The number of hydrogen-bond donors (Lipinski definition) is 0. The Labute approximate surface area is 95.8 Å². The van der Waals surface area contributed by atoms with E-state index in [1.165, 1.54) is 32.1 Å². The average molecular weight is 208 g/mol. The largest absolute Gasteiger partial charge is 0.0625 e. The van der Waals surface area contributed by atoms with Crippen molar-refractivity contribution in [1.82, 2.24) is 0 Å². The van der Waals surface area contributed by atoms with Crippen molar-refractivity contribution in [3.63, 3.8) is 0 Å². The molecule has 0 aromatic rings. The lowest BCUT2D eigenvalue weighted by Crippen LogP contribution is -2.39. The van der Waals surface area contributed by atoms with E-state index in [1.807, 2.05) is 0 Å². The molecule has 5 atom stereocenters. The molecular formula is C15H28. The van der Waals surface area contributed by atoms with Crippen LogP contribution in [0.5, 0.6) is 0 Å². The summed E-state index contributed by atoms with van der Waals surface area (Å²) >= 11 is 0. The SMILES string of the molecule is CC(C)[C@@H]1CC[C@@H](C)[C@@H]2CC[C@H](C)C[C@H]21. The molecule has 0 N–H and O–H groups in total. The Morgan fingerprint density at radius 2 is 1.60 bits per heavy atom. The van der Waals surface area contributed by atoms with Gasteiger partial charge in [0.1, 0.15) is 0 Å². The van der Waals surface area contributed by atoms with E-state index >= 15 is 0 Å². The minimum atomic E-state index is 0.912. The molecule has 0 radical (unpaired) electrons. The fourth-order valence-electron chi connectivity index (χ4n) is 4.36. The molecule has 0 aromatic carbocycles. The molecule has 2 saturated carbocycles. The molecule has 2 aliphatic rings. The molecule has 0 bridgehead atoms. The number of fused-ring (bicyclic) bond motifs is 1. The minimum absolute atomic E-state index is 0.912. The van der Waals surface area contributed by atoms with Gasteiger partial charge >= 0.3 is 0 Å². The van der Waals surface area contributed by atoms with Crippen LogP contribution in [0.3, 0.4) is 0 Å². The summed E-state index contributed by atoms with van der Waals surface area (Å²) in [5.41, 5.74) is 0. The molecule has 0 nitrogen and oxygen atoms in total.